The molecule has 0 amide bonds. The Labute approximate surface area is 103 Å². The number of piperazine rings is 1. The molecule has 1 aliphatic heterocycles. The molecule has 0 aromatic carbocycles. The number of nitrogens with zero attached hydrogens (tertiary/aromatic N) is 2. The van der Waals surface area contributed by atoms with Crippen molar-refractivity contribution in [1.82, 2.24) is 9.21 Å². The van der Waals surface area contributed by atoms with Crippen molar-refractivity contribution in [3.8, 4) is 0 Å². The summed E-state index contributed by atoms with van der Waals surface area (Å²) in [6.45, 7) is 4.76. The maximum Gasteiger partial charge on any atom is 0.214 e. The second-order valence-corrected chi connectivity index (χ2v) is 6.46. The van der Waals surface area contributed by atoms with Crippen LogP contribution in [0.25, 0.3) is 0 Å². The van der Waals surface area contributed by atoms with Gasteiger partial charge in [0.1, 0.15) is 5.84 Å². The molecule has 0 bridgehead atoms. The summed E-state index contributed by atoms with van der Waals surface area (Å²) in [6, 6.07) is 0. The molecule has 6 nitrogen and oxygen atoms in total. The van der Waals surface area contributed by atoms with Crippen LogP contribution in [0.15, 0.2) is 0 Å². The number of unbranched alkanes of at least 4 members (excludes halogenated alkanes) is 1. The van der Waals surface area contributed by atoms with Gasteiger partial charge in [-0.15, -0.1) is 0 Å². The first-order valence-corrected chi connectivity index (χ1v) is 7.59. The predicted molar refractivity (Wildman–Crippen MR) is 68.6 cm³/mol. The summed E-state index contributed by atoms with van der Waals surface area (Å²) in [4.78, 5) is 2.01. The van der Waals surface area contributed by atoms with E-state index in [4.69, 9.17) is 11.1 Å². The van der Waals surface area contributed by atoms with E-state index >= 15 is 0 Å². The first-order valence-electron chi connectivity index (χ1n) is 5.99. The molecule has 0 unspecified atom stereocenters. The maximum absolute atomic E-state index is 11.9. The molecule has 0 aliphatic carbocycles. The molecule has 1 aliphatic rings. The molecule has 3 N–H and O–H groups in total. The van der Waals surface area contributed by atoms with Gasteiger partial charge in [-0.1, -0.05) is 13.3 Å². The van der Waals surface area contributed by atoms with E-state index in [0.29, 0.717) is 32.7 Å². The molecule has 1 fully saturated rings. The average molecular weight is 262 g/mol. The van der Waals surface area contributed by atoms with E-state index in [9.17, 15) is 8.42 Å². The zero-order valence-corrected chi connectivity index (χ0v) is 11.2. The van der Waals surface area contributed by atoms with Gasteiger partial charge >= 0.3 is 0 Å². The standard InChI is InChI=1S/C10H22N4O2S/c1-2-3-8-17(15,16)14-6-4-13(5-7-14)9-10(11)12/h2-9H2,1H3,(H3,11,12). The van der Waals surface area contributed by atoms with Crippen molar-refractivity contribution in [2.45, 2.75) is 19.8 Å². The van der Waals surface area contributed by atoms with E-state index in [-0.39, 0.29) is 11.6 Å². The summed E-state index contributed by atoms with van der Waals surface area (Å²) < 4.78 is 25.4. The highest BCUT2D eigenvalue weighted by Crippen LogP contribution is 2.09. The largest absolute Gasteiger partial charge is 0.387 e. The molecule has 0 saturated carbocycles. The lowest BCUT2D eigenvalue weighted by Gasteiger charge is -2.33. The van der Waals surface area contributed by atoms with E-state index in [0.717, 1.165) is 12.8 Å². The molecular weight excluding hydrogens is 240 g/mol. The van der Waals surface area contributed by atoms with Gasteiger partial charge in [-0.05, 0) is 6.42 Å². The van der Waals surface area contributed by atoms with Gasteiger partial charge in [0.15, 0.2) is 0 Å². The van der Waals surface area contributed by atoms with Gasteiger partial charge in [0.25, 0.3) is 0 Å². The van der Waals surface area contributed by atoms with Crippen molar-refractivity contribution < 1.29 is 8.42 Å². The van der Waals surface area contributed by atoms with Gasteiger partial charge in [0.2, 0.25) is 10.0 Å². The number of sulfonamides is 1. The van der Waals surface area contributed by atoms with Crippen LogP contribution in [-0.2, 0) is 10.0 Å². The molecular formula is C10H22N4O2S. The monoisotopic (exact) mass is 262 g/mol. The van der Waals surface area contributed by atoms with E-state index in [1.807, 2.05) is 11.8 Å². The van der Waals surface area contributed by atoms with Crippen LogP contribution in [0.2, 0.25) is 0 Å². The molecule has 7 heteroatoms. The van der Waals surface area contributed by atoms with Gasteiger partial charge in [0, 0.05) is 26.2 Å². The van der Waals surface area contributed by atoms with Crippen molar-refractivity contribution in [2.75, 3.05) is 38.5 Å². The summed E-state index contributed by atoms with van der Waals surface area (Å²) in [5.41, 5.74) is 5.32. The Bertz CT molecular complexity index is 347. The Balaban J connectivity index is 2.43. The van der Waals surface area contributed by atoms with Gasteiger partial charge in [-0.2, -0.15) is 4.31 Å². The molecule has 1 heterocycles. The third-order valence-electron chi connectivity index (χ3n) is 2.87. The number of nitrogens with two attached hydrogens (primary N) is 1. The van der Waals surface area contributed by atoms with E-state index < -0.39 is 10.0 Å². The lowest BCUT2D eigenvalue weighted by Crippen LogP contribution is -2.50. The first kappa shape index (κ1) is 14.4. The minimum atomic E-state index is -3.08. The summed E-state index contributed by atoms with van der Waals surface area (Å²) in [5.74, 6) is 0.378. The fraction of sp³-hybridized carbons (Fsp3) is 0.900. The minimum absolute atomic E-state index is 0.132. The lowest BCUT2D eigenvalue weighted by atomic mass is 10.3. The Kier molecular flexibility index (Phi) is 5.35. The van der Waals surface area contributed by atoms with Crippen LogP contribution in [-0.4, -0.2) is 61.9 Å². The smallest absolute Gasteiger partial charge is 0.214 e. The number of nitrogens with one attached hydrogen (secondary N) is 1. The van der Waals surface area contributed by atoms with E-state index in [1.165, 1.54) is 0 Å². The van der Waals surface area contributed by atoms with Gasteiger partial charge in [0.05, 0.1) is 12.3 Å². The third-order valence-corrected chi connectivity index (χ3v) is 4.83. The van der Waals surface area contributed by atoms with Crippen LogP contribution in [0.5, 0.6) is 0 Å². The van der Waals surface area contributed by atoms with E-state index in [2.05, 4.69) is 0 Å². The zero-order valence-electron chi connectivity index (χ0n) is 10.4. The van der Waals surface area contributed by atoms with E-state index in [1.54, 1.807) is 4.31 Å². The summed E-state index contributed by atoms with van der Waals surface area (Å²) in [6.07, 6.45) is 1.61. The Morgan fingerprint density at radius 3 is 2.35 bits per heavy atom. The Morgan fingerprint density at radius 1 is 1.29 bits per heavy atom. The maximum atomic E-state index is 11.9. The highest BCUT2D eigenvalue weighted by Gasteiger charge is 2.26. The third kappa shape index (κ3) is 4.61. The van der Waals surface area contributed by atoms with Crippen molar-refractivity contribution in [2.24, 2.45) is 5.73 Å². The van der Waals surface area contributed by atoms with Crippen LogP contribution in [0.4, 0.5) is 0 Å². The molecule has 0 aromatic rings. The first-order chi connectivity index (χ1) is 7.95. The predicted octanol–water partition coefficient (Wildman–Crippen LogP) is -0.330. The Hall–Kier alpha value is -0.660. The van der Waals surface area contributed by atoms with Crippen molar-refractivity contribution in [3.05, 3.63) is 0 Å². The molecule has 0 atom stereocenters. The van der Waals surface area contributed by atoms with Gasteiger partial charge in [-0.3, -0.25) is 10.3 Å². The summed E-state index contributed by atoms with van der Waals surface area (Å²) >= 11 is 0. The average Bonchev–Trinajstić information content (AvgIpc) is 2.26. The van der Waals surface area contributed by atoms with Crippen molar-refractivity contribution in [1.29, 1.82) is 5.41 Å². The molecule has 1 rings (SSSR count). The number of hydrogen-bond acceptors (Lipinski definition) is 4. The second kappa shape index (κ2) is 6.32. The van der Waals surface area contributed by atoms with Crippen molar-refractivity contribution >= 4 is 15.9 Å². The lowest BCUT2D eigenvalue weighted by molar-refractivity contribution is 0.208. The molecule has 0 spiro atoms. The topological polar surface area (TPSA) is 90.5 Å². The normalized spacial score (nSPS) is 19.4. The van der Waals surface area contributed by atoms with Crippen LogP contribution in [0.3, 0.4) is 0 Å². The quantitative estimate of drug-likeness (QED) is 0.506. The highest BCUT2D eigenvalue weighted by atomic mass is 32.2. The molecule has 0 radical (unpaired) electrons. The molecule has 17 heavy (non-hydrogen) atoms. The number of hydrogen-bond donors (Lipinski definition) is 2. The summed E-state index contributed by atoms with van der Waals surface area (Å²) in [7, 11) is -3.08. The molecule has 100 valence electrons. The van der Waals surface area contributed by atoms with Gasteiger partial charge < -0.3 is 5.73 Å². The number of rotatable bonds is 6. The SMILES string of the molecule is CCCCS(=O)(=O)N1CCN(CC(=N)N)CC1. The van der Waals surface area contributed by atoms with Crippen LogP contribution in [0, 0.1) is 5.41 Å². The van der Waals surface area contributed by atoms with Crippen molar-refractivity contribution in [3.63, 3.8) is 0 Å². The second-order valence-electron chi connectivity index (χ2n) is 4.37. The minimum Gasteiger partial charge on any atom is -0.387 e. The number of amidine groups is 1. The zero-order chi connectivity index (χ0) is 12.9. The fourth-order valence-electron chi connectivity index (χ4n) is 1.86. The van der Waals surface area contributed by atoms with Gasteiger partial charge in [-0.25, -0.2) is 8.42 Å². The van der Waals surface area contributed by atoms with Crippen LogP contribution < -0.4 is 5.73 Å². The van der Waals surface area contributed by atoms with Crippen LogP contribution >= 0.6 is 0 Å². The fourth-order valence-corrected chi connectivity index (χ4v) is 3.49. The summed E-state index contributed by atoms with van der Waals surface area (Å²) in [5, 5.41) is 7.20. The van der Waals surface area contributed by atoms with Crippen LogP contribution in [0.1, 0.15) is 19.8 Å². The molecule has 0 aromatic heterocycles. The highest BCUT2D eigenvalue weighted by molar-refractivity contribution is 7.89. The molecule has 1 saturated heterocycles. The Morgan fingerprint density at radius 2 is 1.88 bits per heavy atom.